The summed E-state index contributed by atoms with van der Waals surface area (Å²) in [7, 11) is 0. The third-order valence-electron chi connectivity index (χ3n) is 4.16. The van der Waals surface area contributed by atoms with Gasteiger partial charge in [0, 0.05) is 28.6 Å². The summed E-state index contributed by atoms with van der Waals surface area (Å²) in [5.74, 6) is -3.74. The summed E-state index contributed by atoms with van der Waals surface area (Å²) < 4.78 is 18.2. The molecule has 3 amide bonds. The molecule has 0 saturated carbocycles. The third-order valence-corrected chi connectivity index (χ3v) is 4.81. The summed E-state index contributed by atoms with van der Waals surface area (Å²) in [5, 5.41) is 15.5. The number of amides is 3. The number of nitro benzene ring substituents is 1. The Kier molecular flexibility index (Phi) is 8.98. The fourth-order valence-corrected chi connectivity index (χ4v) is 2.99. The lowest BCUT2D eigenvalue weighted by Crippen LogP contribution is -2.43. The molecule has 0 aliphatic heterocycles. The molecule has 11 nitrogen and oxygen atoms in total. The number of non-ortho nitro benzene ring substituents is 1. The van der Waals surface area contributed by atoms with E-state index in [2.05, 4.69) is 26.6 Å². The zero-order valence-corrected chi connectivity index (χ0v) is 18.5. The van der Waals surface area contributed by atoms with E-state index in [0.29, 0.717) is 0 Å². The number of benzene rings is 2. The number of halogens is 2. The number of nitro groups is 1. The van der Waals surface area contributed by atoms with E-state index in [-0.39, 0.29) is 34.3 Å². The topological polar surface area (TPSA) is 171 Å². The zero-order chi connectivity index (χ0) is 24.5. The van der Waals surface area contributed by atoms with E-state index in [1.165, 1.54) is 30.3 Å². The first-order chi connectivity index (χ1) is 15.6. The second-order valence-corrected chi connectivity index (χ2v) is 7.47. The van der Waals surface area contributed by atoms with Crippen LogP contribution in [0.15, 0.2) is 46.9 Å². The molecule has 2 aromatic carbocycles. The molecule has 0 fully saturated rings. The third kappa shape index (κ3) is 7.96. The normalized spacial score (nSPS) is 11.2. The highest BCUT2D eigenvalue weighted by Crippen LogP contribution is 2.27. The predicted octanol–water partition coefficient (Wildman–Crippen LogP) is 2.04. The summed E-state index contributed by atoms with van der Waals surface area (Å²) in [6.45, 7) is -0.734. The Morgan fingerprint density at radius 3 is 2.39 bits per heavy atom. The van der Waals surface area contributed by atoms with E-state index in [1.807, 2.05) is 0 Å². The maximum atomic E-state index is 13.0. The Bertz CT molecular complexity index is 1080. The molecule has 4 N–H and O–H groups in total. The molecule has 0 saturated heterocycles. The minimum atomic E-state index is -1.30. The van der Waals surface area contributed by atoms with Crippen LogP contribution in [0.2, 0.25) is 0 Å². The van der Waals surface area contributed by atoms with Crippen molar-refractivity contribution >= 4 is 51.0 Å². The van der Waals surface area contributed by atoms with Crippen molar-refractivity contribution < 1.29 is 33.2 Å². The molecule has 1 atom stereocenters. The smallest absolute Gasteiger partial charge is 0.329 e. The lowest BCUT2D eigenvalue weighted by Gasteiger charge is -2.17. The maximum absolute atomic E-state index is 13.0. The Balaban J connectivity index is 1.99. The first kappa shape index (κ1) is 25.4. The highest BCUT2D eigenvalue weighted by atomic mass is 79.9. The van der Waals surface area contributed by atoms with Gasteiger partial charge in [-0.1, -0.05) is 0 Å². The SMILES string of the molecule is NC(=O)CC[C@H](NC(=O)c1ccc(F)cc1)C(=O)OCC(=O)Nc1ccc([N+](=O)[O-])cc1Br. The van der Waals surface area contributed by atoms with Gasteiger partial charge in [0.05, 0.1) is 10.6 Å². The monoisotopic (exact) mass is 524 g/mol. The lowest BCUT2D eigenvalue weighted by atomic mass is 10.1. The van der Waals surface area contributed by atoms with Gasteiger partial charge in [-0.3, -0.25) is 24.5 Å². The largest absolute Gasteiger partial charge is 0.454 e. The average Bonchev–Trinajstić information content (AvgIpc) is 2.76. The molecule has 0 aromatic heterocycles. The van der Waals surface area contributed by atoms with Crippen LogP contribution in [0.25, 0.3) is 0 Å². The van der Waals surface area contributed by atoms with Crippen molar-refractivity contribution in [1.82, 2.24) is 5.32 Å². The van der Waals surface area contributed by atoms with Gasteiger partial charge < -0.3 is 21.1 Å². The molecule has 0 spiro atoms. The van der Waals surface area contributed by atoms with Crippen molar-refractivity contribution in [2.24, 2.45) is 5.73 Å². The van der Waals surface area contributed by atoms with E-state index >= 15 is 0 Å². The van der Waals surface area contributed by atoms with Gasteiger partial charge in [-0.05, 0) is 52.7 Å². The van der Waals surface area contributed by atoms with Gasteiger partial charge in [-0.15, -0.1) is 0 Å². The number of anilines is 1. The van der Waals surface area contributed by atoms with Crippen molar-refractivity contribution in [3.8, 4) is 0 Å². The number of nitrogens with one attached hydrogen (secondary N) is 2. The number of nitrogens with two attached hydrogens (primary N) is 1. The molecule has 0 radical (unpaired) electrons. The highest BCUT2D eigenvalue weighted by molar-refractivity contribution is 9.10. The van der Waals surface area contributed by atoms with Crippen molar-refractivity contribution in [2.75, 3.05) is 11.9 Å². The quantitative estimate of drug-likeness (QED) is 0.242. The number of carbonyl (C=O) groups is 4. The van der Waals surface area contributed by atoms with Crippen LogP contribution in [0, 0.1) is 15.9 Å². The number of carbonyl (C=O) groups excluding carboxylic acids is 4. The molecule has 0 aliphatic rings. The average molecular weight is 525 g/mol. The van der Waals surface area contributed by atoms with E-state index < -0.39 is 47.1 Å². The molecule has 13 heteroatoms. The molecular weight excluding hydrogens is 507 g/mol. The van der Waals surface area contributed by atoms with Gasteiger partial charge >= 0.3 is 5.97 Å². The molecule has 2 aromatic rings. The number of esters is 1. The van der Waals surface area contributed by atoms with Crippen molar-refractivity contribution in [2.45, 2.75) is 18.9 Å². The van der Waals surface area contributed by atoms with Gasteiger partial charge in [0.15, 0.2) is 6.61 Å². The first-order valence-corrected chi connectivity index (χ1v) is 10.1. The van der Waals surface area contributed by atoms with Gasteiger partial charge in [0.25, 0.3) is 17.5 Å². The van der Waals surface area contributed by atoms with E-state index in [1.54, 1.807) is 0 Å². The van der Waals surface area contributed by atoms with E-state index in [4.69, 9.17) is 10.5 Å². The molecule has 174 valence electrons. The first-order valence-electron chi connectivity index (χ1n) is 9.32. The fraction of sp³-hybridized carbons (Fsp3) is 0.200. The standard InChI is InChI=1S/C20H18BrFN4O7/c21-14-9-13(26(31)32)5-6-15(14)24-18(28)10-33-20(30)16(7-8-17(23)27)25-19(29)11-1-3-12(22)4-2-11/h1-6,9,16H,7-8,10H2,(H2,23,27)(H,24,28)(H,25,29)/t16-/m0/s1. The summed E-state index contributed by atoms with van der Waals surface area (Å²) in [5.41, 5.74) is 5.17. The molecule has 2 rings (SSSR count). The predicted molar refractivity (Wildman–Crippen MR) is 116 cm³/mol. The second kappa shape index (κ2) is 11.7. The van der Waals surface area contributed by atoms with Crippen LogP contribution in [0.3, 0.4) is 0 Å². The highest BCUT2D eigenvalue weighted by Gasteiger charge is 2.24. The Morgan fingerprint density at radius 1 is 1.15 bits per heavy atom. The zero-order valence-electron chi connectivity index (χ0n) is 16.9. The Morgan fingerprint density at radius 2 is 1.82 bits per heavy atom. The lowest BCUT2D eigenvalue weighted by molar-refractivity contribution is -0.384. The number of nitrogens with zero attached hydrogens (tertiary/aromatic N) is 1. The summed E-state index contributed by atoms with van der Waals surface area (Å²) in [4.78, 5) is 58.1. The van der Waals surface area contributed by atoms with Crippen molar-refractivity contribution in [3.63, 3.8) is 0 Å². The minimum absolute atomic E-state index is 0.0639. The maximum Gasteiger partial charge on any atom is 0.329 e. The second-order valence-electron chi connectivity index (χ2n) is 6.62. The van der Waals surface area contributed by atoms with Gasteiger partial charge in [0.1, 0.15) is 11.9 Å². The number of ether oxygens (including phenoxy) is 1. The molecule has 33 heavy (non-hydrogen) atoms. The Labute approximate surface area is 194 Å². The number of rotatable bonds is 10. The Hall–Kier alpha value is -3.87. The van der Waals surface area contributed by atoms with Crippen LogP contribution in [0.1, 0.15) is 23.2 Å². The van der Waals surface area contributed by atoms with Crippen LogP contribution >= 0.6 is 15.9 Å². The van der Waals surface area contributed by atoms with Crippen LogP contribution in [0.4, 0.5) is 15.8 Å². The van der Waals surface area contributed by atoms with Crippen LogP contribution in [-0.4, -0.2) is 41.3 Å². The van der Waals surface area contributed by atoms with Crippen molar-refractivity contribution in [3.05, 3.63) is 68.4 Å². The molecule has 0 bridgehead atoms. The van der Waals surface area contributed by atoms with E-state index in [9.17, 15) is 33.7 Å². The summed E-state index contributed by atoms with van der Waals surface area (Å²) >= 11 is 3.09. The van der Waals surface area contributed by atoms with Crippen LogP contribution < -0.4 is 16.4 Å². The molecule has 0 unspecified atom stereocenters. The van der Waals surface area contributed by atoms with Crippen LogP contribution in [0.5, 0.6) is 0 Å². The summed E-state index contributed by atoms with van der Waals surface area (Å²) in [6, 6.07) is 6.89. The van der Waals surface area contributed by atoms with Gasteiger partial charge in [-0.25, -0.2) is 9.18 Å². The van der Waals surface area contributed by atoms with Crippen molar-refractivity contribution in [1.29, 1.82) is 0 Å². The van der Waals surface area contributed by atoms with E-state index in [0.717, 1.165) is 12.1 Å². The summed E-state index contributed by atoms with van der Waals surface area (Å²) in [6.07, 6.45) is -0.429. The molecule has 0 heterocycles. The van der Waals surface area contributed by atoms with Gasteiger partial charge in [-0.2, -0.15) is 0 Å². The molecule has 0 aliphatic carbocycles. The number of hydrogen-bond acceptors (Lipinski definition) is 7. The number of primary amides is 1. The fourth-order valence-electron chi connectivity index (χ4n) is 2.52. The minimum Gasteiger partial charge on any atom is -0.454 e. The number of hydrogen-bond donors (Lipinski definition) is 3. The van der Waals surface area contributed by atoms with Gasteiger partial charge in [0.2, 0.25) is 5.91 Å². The molecular formula is C20H18BrFN4O7. The van der Waals surface area contributed by atoms with Crippen LogP contribution in [-0.2, 0) is 19.1 Å².